The average molecular weight is 507 g/mol. The summed E-state index contributed by atoms with van der Waals surface area (Å²) in [7, 11) is 1.59. The fourth-order valence-corrected chi connectivity index (χ4v) is 3.73. The Kier molecular flexibility index (Phi) is 10.0. The minimum atomic E-state index is -1.26. The predicted molar refractivity (Wildman–Crippen MR) is 131 cm³/mol. The Labute approximate surface area is 229 Å². The van der Waals surface area contributed by atoms with Gasteiger partial charge in [-0.3, -0.25) is 4.79 Å². The number of rotatable bonds is 4. The van der Waals surface area contributed by atoms with E-state index in [2.05, 4.69) is 10.3 Å². The molecule has 0 saturated carbocycles. The summed E-state index contributed by atoms with van der Waals surface area (Å²) in [5, 5.41) is 15.9. The Morgan fingerprint density at radius 2 is 1.71 bits per heavy atom. The third-order valence-corrected chi connectivity index (χ3v) is 5.76. The summed E-state index contributed by atoms with van der Waals surface area (Å²) in [6.45, 7) is 3.76. The second-order valence-corrected chi connectivity index (χ2v) is 8.00. The molecule has 0 saturated heterocycles. The van der Waals surface area contributed by atoms with Crippen LogP contribution in [0.3, 0.4) is 0 Å². The van der Waals surface area contributed by atoms with Crippen LogP contribution in [0.25, 0.3) is 10.9 Å². The number of para-hydroxylation sites is 2. The van der Waals surface area contributed by atoms with Gasteiger partial charge < -0.3 is 24.9 Å². The van der Waals surface area contributed by atoms with Crippen molar-refractivity contribution in [3.63, 3.8) is 0 Å². The molecule has 0 bridgehead atoms. The van der Waals surface area contributed by atoms with Gasteiger partial charge in [-0.05, 0) is 43.2 Å². The number of hydrogen-bond donors (Lipinski definition) is 2. The maximum Gasteiger partial charge on any atom is 1.00 e. The number of fused-ring (bicyclic) bond motifs is 1. The zero-order valence-corrected chi connectivity index (χ0v) is 22.7. The number of nitrogens with one attached hydrogen (secondary N) is 2. The van der Waals surface area contributed by atoms with Gasteiger partial charge in [0.15, 0.2) is 0 Å². The van der Waals surface area contributed by atoms with Gasteiger partial charge in [-0.1, -0.05) is 59.6 Å². The normalized spacial score (nSPS) is 10.0. The van der Waals surface area contributed by atoms with Crippen LogP contribution >= 0.6 is 23.2 Å². The molecule has 0 amide bonds. The van der Waals surface area contributed by atoms with Gasteiger partial charge in [0.25, 0.3) is 0 Å². The minimum Gasteiger partial charge on any atom is -0.545 e. The number of carboxylic acid groups (broad SMARTS) is 1. The maximum atomic E-state index is 11.3. The third-order valence-electron chi connectivity index (χ3n) is 4.96. The first-order valence-corrected chi connectivity index (χ1v) is 10.7. The second kappa shape index (κ2) is 12.3. The molecule has 0 radical (unpaired) electrons. The first-order valence-electron chi connectivity index (χ1n) is 9.91. The van der Waals surface area contributed by atoms with E-state index in [1.165, 1.54) is 6.07 Å². The topological polar surface area (TPSA) is 94.2 Å². The fraction of sp³-hybridized carbons (Fsp3) is 0.120. The van der Waals surface area contributed by atoms with Crippen molar-refractivity contribution < 1.29 is 44.2 Å². The molecule has 0 aliphatic heterocycles. The summed E-state index contributed by atoms with van der Waals surface area (Å²) in [4.78, 5) is 25.1. The maximum absolute atomic E-state index is 11.3. The quantitative estimate of drug-likeness (QED) is 0.414. The van der Waals surface area contributed by atoms with E-state index in [1.54, 1.807) is 43.5 Å². The smallest absolute Gasteiger partial charge is 0.545 e. The van der Waals surface area contributed by atoms with Crippen LogP contribution in [-0.2, 0) is 0 Å². The number of benzene rings is 3. The summed E-state index contributed by atoms with van der Waals surface area (Å²) < 4.78 is 5.17. The Morgan fingerprint density at radius 1 is 1.00 bits per heavy atom. The minimum absolute atomic E-state index is 0. The van der Waals surface area contributed by atoms with Gasteiger partial charge in [-0.2, -0.15) is 0 Å². The molecule has 6 nitrogen and oxygen atoms in total. The van der Waals surface area contributed by atoms with Crippen molar-refractivity contribution in [2.24, 2.45) is 0 Å². The average Bonchev–Trinajstić information content (AvgIpc) is 2.79. The van der Waals surface area contributed by atoms with Crippen molar-refractivity contribution in [1.82, 2.24) is 4.98 Å². The molecular weight excluding hydrogens is 486 g/mol. The van der Waals surface area contributed by atoms with Crippen molar-refractivity contribution >= 4 is 51.4 Å². The standard InChI is InChI=1S/C14H11Cl2NO2.C11H11NO2.Na/c1-8-6-7-10(15)13(12(8)16)17-11-5-3-2-4-9(11)14(18)19;1-7-6-10(13)12-11-8(7)4-3-5-9(11)14-2;/h2-7,17H,1H3,(H,18,19);3-6H,1-2H3,(H,12,13);/q;;+1/p-1. The number of aromatic carboxylic acids is 1. The van der Waals surface area contributed by atoms with Crippen molar-refractivity contribution in [1.29, 1.82) is 0 Å². The van der Waals surface area contributed by atoms with Crippen molar-refractivity contribution in [3.05, 3.63) is 97.8 Å². The number of carbonyl (C=O) groups is 1. The Bertz CT molecular complexity index is 1390. The number of halogens is 2. The molecular formula is C25H21Cl2N2NaO4. The Morgan fingerprint density at radius 3 is 2.38 bits per heavy atom. The molecule has 0 spiro atoms. The van der Waals surface area contributed by atoms with Gasteiger partial charge in [0.2, 0.25) is 5.56 Å². The number of carboxylic acids is 1. The van der Waals surface area contributed by atoms with Gasteiger partial charge in [-0.25, -0.2) is 0 Å². The number of aromatic nitrogens is 1. The van der Waals surface area contributed by atoms with Crippen LogP contribution in [-0.4, -0.2) is 18.1 Å². The van der Waals surface area contributed by atoms with Gasteiger partial charge in [0, 0.05) is 22.7 Å². The van der Waals surface area contributed by atoms with E-state index < -0.39 is 5.97 Å². The Hall–Kier alpha value is -2.48. The molecule has 0 aliphatic rings. The van der Waals surface area contributed by atoms with Crippen LogP contribution in [0.1, 0.15) is 21.5 Å². The van der Waals surface area contributed by atoms with Crippen molar-refractivity contribution in [2.75, 3.05) is 12.4 Å². The SMILES string of the molecule is COc1cccc2c(C)cc(=O)[nH]c12.Cc1ccc(Cl)c(Nc2ccccc2C(=O)[O-])c1Cl.[Na+]. The Balaban J connectivity index is 0.000000243. The van der Waals surface area contributed by atoms with Crippen LogP contribution < -0.4 is 50.3 Å². The first-order chi connectivity index (χ1) is 15.7. The molecule has 9 heteroatoms. The number of ether oxygens (including phenoxy) is 1. The molecule has 4 rings (SSSR count). The summed E-state index contributed by atoms with van der Waals surface area (Å²) in [5.74, 6) is -0.564. The monoisotopic (exact) mass is 506 g/mol. The summed E-state index contributed by atoms with van der Waals surface area (Å²) >= 11 is 12.2. The van der Waals surface area contributed by atoms with Gasteiger partial charge >= 0.3 is 29.6 Å². The van der Waals surface area contributed by atoms with Crippen LogP contribution in [0.15, 0.2) is 65.5 Å². The molecule has 3 aromatic carbocycles. The van der Waals surface area contributed by atoms with Crippen molar-refractivity contribution in [2.45, 2.75) is 13.8 Å². The van der Waals surface area contributed by atoms with Crippen LogP contribution in [0.4, 0.5) is 11.4 Å². The molecule has 4 aromatic rings. The van der Waals surface area contributed by atoms with Gasteiger partial charge in [0.05, 0.1) is 34.3 Å². The number of anilines is 2. The summed E-state index contributed by atoms with van der Waals surface area (Å²) in [6.07, 6.45) is 0. The van der Waals surface area contributed by atoms with Crippen LogP contribution in [0, 0.1) is 13.8 Å². The van der Waals surface area contributed by atoms with E-state index in [4.69, 9.17) is 27.9 Å². The van der Waals surface area contributed by atoms with Gasteiger partial charge in [-0.15, -0.1) is 0 Å². The number of carbonyl (C=O) groups excluding carboxylic acids is 1. The van der Waals surface area contributed by atoms with E-state index in [0.29, 0.717) is 27.2 Å². The predicted octanol–water partition coefficient (Wildman–Crippen LogP) is 2.26. The van der Waals surface area contributed by atoms with E-state index in [-0.39, 0.29) is 40.7 Å². The molecule has 34 heavy (non-hydrogen) atoms. The molecule has 1 heterocycles. The molecule has 1 aromatic heterocycles. The molecule has 2 N–H and O–H groups in total. The largest absolute Gasteiger partial charge is 1.00 e. The zero-order valence-electron chi connectivity index (χ0n) is 19.2. The third kappa shape index (κ3) is 6.34. The first kappa shape index (κ1) is 27.8. The number of methoxy groups -OCH3 is 1. The van der Waals surface area contributed by atoms with Crippen LogP contribution in [0.2, 0.25) is 10.0 Å². The second-order valence-electron chi connectivity index (χ2n) is 7.21. The summed E-state index contributed by atoms with van der Waals surface area (Å²) in [6, 6.07) is 17.2. The number of aryl methyl sites for hydroxylation is 2. The summed E-state index contributed by atoms with van der Waals surface area (Å²) in [5.41, 5.74) is 3.40. The van der Waals surface area contributed by atoms with Crippen molar-refractivity contribution in [3.8, 4) is 5.75 Å². The molecule has 0 atom stereocenters. The molecule has 0 fully saturated rings. The van der Waals surface area contributed by atoms with E-state index in [1.807, 2.05) is 32.0 Å². The molecule has 0 aliphatic carbocycles. The number of pyridine rings is 1. The van der Waals surface area contributed by atoms with E-state index in [9.17, 15) is 14.7 Å². The zero-order chi connectivity index (χ0) is 24.1. The van der Waals surface area contributed by atoms with E-state index >= 15 is 0 Å². The fourth-order valence-electron chi connectivity index (χ4n) is 3.27. The number of H-pyrrole nitrogens is 1. The van der Waals surface area contributed by atoms with E-state index in [0.717, 1.165) is 22.0 Å². The molecule has 0 unspecified atom stereocenters. The van der Waals surface area contributed by atoms with Crippen LogP contribution in [0.5, 0.6) is 5.75 Å². The number of hydrogen-bond acceptors (Lipinski definition) is 5. The molecule has 170 valence electrons. The van der Waals surface area contributed by atoms with Gasteiger partial charge in [0.1, 0.15) is 5.75 Å². The number of aromatic amines is 1.